The number of carbonyl (C=O) groups is 1. The molecule has 0 unspecified atom stereocenters. The molecule has 6 nitrogen and oxygen atoms in total. The molecule has 0 aromatic carbocycles. The van der Waals surface area contributed by atoms with Gasteiger partial charge in [-0.2, -0.15) is 13.2 Å². The Kier molecular flexibility index (Phi) is 5.56. The largest absolute Gasteiger partial charge is 0.478 e. The highest BCUT2D eigenvalue weighted by Crippen LogP contribution is 2.18. The van der Waals surface area contributed by atoms with Gasteiger partial charge < -0.3 is 14.8 Å². The van der Waals surface area contributed by atoms with E-state index in [2.05, 4.69) is 20.0 Å². The Bertz CT molecular complexity index is 673. The van der Waals surface area contributed by atoms with Crippen LogP contribution in [0.15, 0.2) is 36.7 Å². The molecule has 2 rings (SSSR count). The summed E-state index contributed by atoms with van der Waals surface area (Å²) in [4.78, 5) is 19.7. The van der Waals surface area contributed by atoms with E-state index >= 15 is 0 Å². The molecule has 0 saturated heterocycles. The molecule has 2 aromatic heterocycles. The summed E-state index contributed by atoms with van der Waals surface area (Å²) in [7, 11) is 0. The number of pyridine rings is 2. The summed E-state index contributed by atoms with van der Waals surface area (Å²) in [5, 5.41) is 2.55. The smallest absolute Gasteiger partial charge is 0.422 e. The first kappa shape index (κ1) is 17.5. The van der Waals surface area contributed by atoms with Gasteiger partial charge >= 0.3 is 6.18 Å². The van der Waals surface area contributed by atoms with Crippen LogP contribution < -0.4 is 14.8 Å². The lowest BCUT2D eigenvalue weighted by atomic mass is 10.2. The van der Waals surface area contributed by atoms with Gasteiger partial charge in [0.2, 0.25) is 11.8 Å². The number of amides is 1. The summed E-state index contributed by atoms with van der Waals surface area (Å²) < 4.78 is 45.7. The number of rotatable bonds is 6. The second kappa shape index (κ2) is 7.62. The van der Waals surface area contributed by atoms with Crippen molar-refractivity contribution in [2.75, 3.05) is 18.5 Å². The minimum Gasteiger partial charge on any atom is -0.478 e. The third-order valence-electron chi connectivity index (χ3n) is 2.67. The quantitative estimate of drug-likeness (QED) is 0.874. The van der Waals surface area contributed by atoms with E-state index in [0.29, 0.717) is 23.7 Å². The molecule has 0 aliphatic carbocycles. The fraction of sp³-hybridized carbons (Fsp3) is 0.267. The maximum absolute atomic E-state index is 12.0. The molecular weight excluding hydrogens is 327 g/mol. The lowest BCUT2D eigenvalue weighted by Gasteiger charge is -2.09. The maximum Gasteiger partial charge on any atom is 0.422 e. The fourth-order valence-electron chi connectivity index (χ4n) is 1.65. The molecule has 0 aliphatic heterocycles. The summed E-state index contributed by atoms with van der Waals surface area (Å²) in [5.74, 6) is -0.216. The molecule has 128 valence electrons. The molecule has 0 spiro atoms. The molecule has 0 radical (unpaired) electrons. The molecule has 0 fully saturated rings. The van der Waals surface area contributed by atoms with Gasteiger partial charge in [-0.3, -0.25) is 4.79 Å². The van der Waals surface area contributed by atoms with Crippen molar-refractivity contribution in [1.82, 2.24) is 9.97 Å². The van der Waals surface area contributed by atoms with Crippen molar-refractivity contribution in [3.8, 4) is 11.8 Å². The van der Waals surface area contributed by atoms with E-state index in [-0.39, 0.29) is 5.88 Å². The van der Waals surface area contributed by atoms with Gasteiger partial charge in [0, 0.05) is 18.3 Å². The number of anilines is 1. The number of carbonyl (C=O) groups excluding carboxylic acids is 1. The van der Waals surface area contributed by atoms with Crippen molar-refractivity contribution < 1.29 is 27.4 Å². The highest BCUT2D eigenvalue weighted by atomic mass is 19.4. The van der Waals surface area contributed by atoms with Gasteiger partial charge in [-0.1, -0.05) is 0 Å². The van der Waals surface area contributed by atoms with E-state index in [9.17, 15) is 18.0 Å². The normalized spacial score (nSPS) is 11.0. The van der Waals surface area contributed by atoms with Crippen molar-refractivity contribution >= 4 is 11.6 Å². The van der Waals surface area contributed by atoms with Crippen LogP contribution in [0.25, 0.3) is 0 Å². The Labute approximate surface area is 135 Å². The first-order chi connectivity index (χ1) is 11.4. The predicted octanol–water partition coefficient (Wildman–Crippen LogP) is 3.07. The first-order valence-electron chi connectivity index (χ1n) is 6.93. The zero-order valence-corrected chi connectivity index (χ0v) is 12.6. The van der Waals surface area contributed by atoms with Crippen molar-refractivity contribution in [2.24, 2.45) is 0 Å². The summed E-state index contributed by atoms with van der Waals surface area (Å²) in [6.07, 6.45) is -1.88. The Morgan fingerprint density at radius 2 is 1.75 bits per heavy atom. The average molecular weight is 341 g/mol. The van der Waals surface area contributed by atoms with E-state index in [4.69, 9.17) is 4.74 Å². The third-order valence-corrected chi connectivity index (χ3v) is 2.67. The molecule has 0 atom stereocenters. The molecular formula is C15H14F3N3O3. The number of hydrogen-bond donors (Lipinski definition) is 1. The van der Waals surface area contributed by atoms with Crippen molar-refractivity contribution in [2.45, 2.75) is 13.1 Å². The Hall–Kier alpha value is -2.84. The van der Waals surface area contributed by atoms with Crippen LogP contribution in [0.3, 0.4) is 0 Å². The van der Waals surface area contributed by atoms with E-state index in [0.717, 1.165) is 0 Å². The topological polar surface area (TPSA) is 73.3 Å². The van der Waals surface area contributed by atoms with Gasteiger partial charge in [0.05, 0.1) is 24.1 Å². The minimum absolute atomic E-state index is 0.187. The SMILES string of the molecule is CCOc1ccc(C(=O)Nc2ccc(OCC(F)(F)F)nc2)cn1. The molecule has 0 aliphatic rings. The van der Waals surface area contributed by atoms with E-state index < -0.39 is 18.7 Å². The molecule has 2 heterocycles. The number of ether oxygens (including phenoxy) is 2. The van der Waals surface area contributed by atoms with Crippen molar-refractivity contribution in [3.63, 3.8) is 0 Å². The van der Waals surface area contributed by atoms with Crippen LogP contribution in [0.4, 0.5) is 18.9 Å². The lowest BCUT2D eigenvalue weighted by Crippen LogP contribution is -2.19. The second-order valence-corrected chi connectivity index (χ2v) is 4.56. The predicted molar refractivity (Wildman–Crippen MR) is 79.1 cm³/mol. The van der Waals surface area contributed by atoms with Crippen LogP contribution >= 0.6 is 0 Å². The van der Waals surface area contributed by atoms with Gasteiger partial charge in [0.25, 0.3) is 5.91 Å². The molecule has 2 aromatic rings. The van der Waals surface area contributed by atoms with Crippen LogP contribution in [-0.4, -0.2) is 35.3 Å². The second-order valence-electron chi connectivity index (χ2n) is 4.56. The maximum atomic E-state index is 12.0. The van der Waals surface area contributed by atoms with E-state index in [1.54, 1.807) is 12.1 Å². The number of aromatic nitrogens is 2. The monoisotopic (exact) mass is 341 g/mol. The van der Waals surface area contributed by atoms with Gasteiger partial charge in [-0.25, -0.2) is 9.97 Å². The number of nitrogens with one attached hydrogen (secondary N) is 1. The number of nitrogens with zero attached hydrogens (tertiary/aromatic N) is 2. The van der Waals surface area contributed by atoms with Gasteiger partial charge in [0.15, 0.2) is 6.61 Å². The van der Waals surface area contributed by atoms with E-state index in [1.807, 2.05) is 6.92 Å². The van der Waals surface area contributed by atoms with Crippen molar-refractivity contribution in [1.29, 1.82) is 0 Å². The highest BCUT2D eigenvalue weighted by Gasteiger charge is 2.28. The zero-order valence-electron chi connectivity index (χ0n) is 12.6. The summed E-state index contributed by atoms with van der Waals surface area (Å²) >= 11 is 0. The molecule has 0 bridgehead atoms. The van der Waals surface area contributed by atoms with Crippen LogP contribution in [0.2, 0.25) is 0 Å². The molecule has 0 saturated carbocycles. The van der Waals surface area contributed by atoms with Crippen molar-refractivity contribution in [3.05, 3.63) is 42.2 Å². The molecule has 1 amide bonds. The van der Waals surface area contributed by atoms with Crippen LogP contribution in [0.1, 0.15) is 17.3 Å². The Balaban J connectivity index is 1.94. The first-order valence-corrected chi connectivity index (χ1v) is 6.93. The number of halogens is 3. The van der Waals surface area contributed by atoms with Gasteiger partial charge in [-0.15, -0.1) is 0 Å². The highest BCUT2D eigenvalue weighted by molar-refractivity contribution is 6.03. The van der Waals surface area contributed by atoms with Crippen LogP contribution in [0.5, 0.6) is 11.8 Å². The Morgan fingerprint density at radius 1 is 1.08 bits per heavy atom. The lowest BCUT2D eigenvalue weighted by molar-refractivity contribution is -0.154. The summed E-state index contributed by atoms with van der Waals surface area (Å²) in [5.41, 5.74) is 0.615. The zero-order chi connectivity index (χ0) is 17.6. The number of hydrogen-bond acceptors (Lipinski definition) is 5. The Morgan fingerprint density at radius 3 is 2.29 bits per heavy atom. The number of alkyl halides is 3. The molecule has 9 heteroatoms. The van der Waals surface area contributed by atoms with Gasteiger partial charge in [-0.05, 0) is 19.1 Å². The third kappa shape index (κ3) is 5.41. The standard InChI is InChI=1S/C15H14F3N3O3/c1-2-23-12-5-3-10(7-19-12)14(22)21-11-4-6-13(20-8-11)24-9-15(16,17)18/h3-8H,2,9H2,1H3,(H,21,22). The average Bonchev–Trinajstić information content (AvgIpc) is 2.54. The molecule has 1 N–H and O–H groups in total. The molecule has 24 heavy (non-hydrogen) atoms. The fourth-order valence-corrected chi connectivity index (χ4v) is 1.65. The minimum atomic E-state index is -4.44. The van der Waals surface area contributed by atoms with E-state index in [1.165, 1.54) is 24.5 Å². The van der Waals surface area contributed by atoms with Crippen LogP contribution in [0, 0.1) is 0 Å². The summed E-state index contributed by atoms with van der Waals surface area (Å²) in [6.45, 7) is 0.855. The van der Waals surface area contributed by atoms with Crippen LogP contribution in [-0.2, 0) is 0 Å². The van der Waals surface area contributed by atoms with Gasteiger partial charge in [0.1, 0.15) is 0 Å². The summed E-state index contributed by atoms with van der Waals surface area (Å²) in [6, 6.07) is 5.72.